The highest BCUT2D eigenvalue weighted by atomic mass is 16.5. The first-order valence-electron chi connectivity index (χ1n) is 5.41. The quantitative estimate of drug-likeness (QED) is 0.816. The van der Waals surface area contributed by atoms with Crippen LogP contribution in [-0.4, -0.2) is 25.2 Å². The molecule has 1 aromatic rings. The van der Waals surface area contributed by atoms with Crippen molar-refractivity contribution in [3.8, 4) is 0 Å². The van der Waals surface area contributed by atoms with Crippen LogP contribution in [0.15, 0.2) is 18.3 Å². The Morgan fingerprint density at radius 3 is 2.47 bits per heavy atom. The molecule has 0 saturated carbocycles. The number of ether oxygens (including phenoxy) is 1. The zero-order valence-corrected chi connectivity index (χ0v) is 9.58. The zero-order chi connectivity index (χ0) is 10.9. The summed E-state index contributed by atoms with van der Waals surface area (Å²) in [6.45, 7) is 5.79. The van der Waals surface area contributed by atoms with Crippen molar-refractivity contribution in [2.24, 2.45) is 0 Å². The van der Waals surface area contributed by atoms with Gasteiger partial charge in [-0.1, -0.05) is 19.9 Å². The highest BCUT2D eigenvalue weighted by Gasteiger charge is 2.40. The number of likely N-dealkylation sites (N-methyl/N-ethyl adjacent to an activating group) is 1. The van der Waals surface area contributed by atoms with Gasteiger partial charge in [-0.15, -0.1) is 0 Å². The molecule has 2 heterocycles. The summed E-state index contributed by atoms with van der Waals surface area (Å²) in [6.07, 6.45) is 1.97. The van der Waals surface area contributed by atoms with Crippen molar-refractivity contribution >= 4 is 0 Å². The van der Waals surface area contributed by atoms with E-state index in [1.807, 2.05) is 13.2 Å². The van der Waals surface area contributed by atoms with Crippen LogP contribution in [0.3, 0.4) is 0 Å². The van der Waals surface area contributed by atoms with Gasteiger partial charge in [0.05, 0.1) is 18.9 Å². The van der Waals surface area contributed by atoms with E-state index in [0.29, 0.717) is 5.92 Å². The van der Waals surface area contributed by atoms with E-state index in [2.05, 4.69) is 36.3 Å². The number of nitrogens with one attached hydrogen (secondary N) is 1. The van der Waals surface area contributed by atoms with Gasteiger partial charge in [-0.05, 0) is 24.6 Å². The Labute approximate surface area is 90.9 Å². The van der Waals surface area contributed by atoms with E-state index in [-0.39, 0.29) is 5.54 Å². The monoisotopic (exact) mass is 206 g/mol. The molecule has 82 valence electrons. The summed E-state index contributed by atoms with van der Waals surface area (Å²) in [5, 5.41) is 3.29. The van der Waals surface area contributed by atoms with Crippen LogP contribution in [0.5, 0.6) is 0 Å². The first-order chi connectivity index (χ1) is 7.18. The lowest BCUT2D eigenvalue weighted by molar-refractivity contribution is -0.0769. The van der Waals surface area contributed by atoms with Crippen LogP contribution in [0.4, 0.5) is 0 Å². The zero-order valence-electron chi connectivity index (χ0n) is 9.58. The van der Waals surface area contributed by atoms with Crippen molar-refractivity contribution in [2.75, 3.05) is 20.3 Å². The summed E-state index contributed by atoms with van der Waals surface area (Å²) in [5.41, 5.74) is 2.32. The van der Waals surface area contributed by atoms with E-state index in [4.69, 9.17) is 4.74 Å². The van der Waals surface area contributed by atoms with E-state index in [1.54, 1.807) is 0 Å². The van der Waals surface area contributed by atoms with Gasteiger partial charge >= 0.3 is 0 Å². The molecule has 0 atom stereocenters. The standard InChI is InChI=1S/C12H18N2O/c1-9(2)10-4-5-11(14-6-10)12(13-3)7-15-8-12/h4-6,9,13H,7-8H2,1-3H3. The van der Waals surface area contributed by atoms with Gasteiger partial charge < -0.3 is 10.1 Å². The second-order valence-corrected chi connectivity index (χ2v) is 4.46. The summed E-state index contributed by atoms with van der Waals surface area (Å²) < 4.78 is 5.26. The van der Waals surface area contributed by atoms with Crippen molar-refractivity contribution in [1.82, 2.24) is 10.3 Å². The smallest absolute Gasteiger partial charge is 0.108 e. The SMILES string of the molecule is CNC1(c2ccc(C(C)C)cn2)COC1. The van der Waals surface area contributed by atoms with E-state index in [1.165, 1.54) is 5.56 Å². The Balaban J connectivity index is 2.23. The van der Waals surface area contributed by atoms with E-state index in [0.717, 1.165) is 18.9 Å². The Morgan fingerprint density at radius 1 is 1.40 bits per heavy atom. The first kappa shape index (κ1) is 10.6. The Hall–Kier alpha value is -0.930. The van der Waals surface area contributed by atoms with Gasteiger partial charge in [0.1, 0.15) is 5.54 Å². The third-order valence-corrected chi connectivity index (χ3v) is 3.12. The average molecular weight is 206 g/mol. The number of aromatic nitrogens is 1. The molecule has 0 aromatic carbocycles. The molecule has 3 nitrogen and oxygen atoms in total. The van der Waals surface area contributed by atoms with Gasteiger partial charge in [-0.25, -0.2) is 0 Å². The van der Waals surface area contributed by atoms with Crippen LogP contribution >= 0.6 is 0 Å². The van der Waals surface area contributed by atoms with Crippen molar-refractivity contribution in [3.05, 3.63) is 29.6 Å². The number of nitrogens with zero attached hydrogens (tertiary/aromatic N) is 1. The minimum atomic E-state index is -0.0461. The normalized spacial score (nSPS) is 18.9. The molecule has 1 aliphatic rings. The molecule has 2 rings (SSSR count). The van der Waals surface area contributed by atoms with Gasteiger partial charge in [-0.2, -0.15) is 0 Å². The molecule has 1 N–H and O–H groups in total. The number of hydrogen-bond acceptors (Lipinski definition) is 3. The maximum Gasteiger partial charge on any atom is 0.108 e. The predicted octanol–water partition coefficient (Wildman–Crippen LogP) is 1.65. The summed E-state index contributed by atoms with van der Waals surface area (Å²) in [5.74, 6) is 0.537. The minimum Gasteiger partial charge on any atom is -0.377 e. The van der Waals surface area contributed by atoms with Crippen LogP contribution < -0.4 is 5.32 Å². The van der Waals surface area contributed by atoms with E-state index >= 15 is 0 Å². The molecule has 0 bridgehead atoms. The molecule has 0 spiro atoms. The lowest BCUT2D eigenvalue weighted by Crippen LogP contribution is -2.56. The lowest BCUT2D eigenvalue weighted by Gasteiger charge is -2.40. The van der Waals surface area contributed by atoms with Gasteiger partial charge in [0.25, 0.3) is 0 Å². The van der Waals surface area contributed by atoms with Crippen molar-refractivity contribution in [2.45, 2.75) is 25.3 Å². The van der Waals surface area contributed by atoms with Crippen molar-refractivity contribution < 1.29 is 4.74 Å². The number of rotatable bonds is 3. The summed E-state index contributed by atoms with van der Waals surface area (Å²) in [6, 6.07) is 4.26. The number of hydrogen-bond donors (Lipinski definition) is 1. The maximum absolute atomic E-state index is 5.26. The van der Waals surface area contributed by atoms with Crippen LogP contribution in [0.2, 0.25) is 0 Å². The third kappa shape index (κ3) is 1.77. The molecule has 0 radical (unpaired) electrons. The molecule has 1 saturated heterocycles. The van der Waals surface area contributed by atoms with Crippen LogP contribution in [-0.2, 0) is 10.3 Å². The Morgan fingerprint density at radius 2 is 2.13 bits per heavy atom. The molecular weight excluding hydrogens is 188 g/mol. The molecule has 3 heteroatoms. The largest absolute Gasteiger partial charge is 0.377 e. The van der Waals surface area contributed by atoms with E-state index < -0.39 is 0 Å². The first-order valence-corrected chi connectivity index (χ1v) is 5.41. The van der Waals surface area contributed by atoms with Gasteiger partial charge in [0.2, 0.25) is 0 Å². The Bertz CT molecular complexity index is 322. The molecule has 15 heavy (non-hydrogen) atoms. The number of pyridine rings is 1. The fourth-order valence-corrected chi connectivity index (χ4v) is 1.76. The molecule has 1 aliphatic heterocycles. The molecule has 0 aliphatic carbocycles. The lowest BCUT2D eigenvalue weighted by atomic mass is 9.92. The van der Waals surface area contributed by atoms with Gasteiger partial charge in [0.15, 0.2) is 0 Å². The van der Waals surface area contributed by atoms with Crippen LogP contribution in [0, 0.1) is 0 Å². The van der Waals surface area contributed by atoms with Crippen molar-refractivity contribution in [1.29, 1.82) is 0 Å². The Kier molecular flexibility index (Phi) is 2.76. The summed E-state index contributed by atoms with van der Waals surface area (Å²) >= 11 is 0. The summed E-state index contributed by atoms with van der Waals surface area (Å²) in [4.78, 5) is 4.52. The molecular formula is C12H18N2O. The van der Waals surface area contributed by atoms with Gasteiger partial charge in [0, 0.05) is 6.20 Å². The van der Waals surface area contributed by atoms with Crippen molar-refractivity contribution in [3.63, 3.8) is 0 Å². The fraction of sp³-hybridized carbons (Fsp3) is 0.583. The van der Waals surface area contributed by atoms with E-state index in [9.17, 15) is 0 Å². The predicted molar refractivity (Wildman–Crippen MR) is 59.9 cm³/mol. The van der Waals surface area contributed by atoms with Crippen LogP contribution in [0.25, 0.3) is 0 Å². The molecule has 0 unspecified atom stereocenters. The third-order valence-electron chi connectivity index (χ3n) is 3.12. The topological polar surface area (TPSA) is 34.2 Å². The van der Waals surface area contributed by atoms with Crippen LogP contribution in [0.1, 0.15) is 31.0 Å². The molecule has 0 amide bonds. The second kappa shape index (κ2) is 3.91. The summed E-state index contributed by atoms with van der Waals surface area (Å²) in [7, 11) is 1.96. The fourth-order valence-electron chi connectivity index (χ4n) is 1.76. The second-order valence-electron chi connectivity index (χ2n) is 4.46. The maximum atomic E-state index is 5.26. The minimum absolute atomic E-state index is 0.0461. The molecule has 1 aromatic heterocycles. The highest BCUT2D eigenvalue weighted by Crippen LogP contribution is 2.28. The average Bonchev–Trinajstić information content (AvgIpc) is 2.18. The highest BCUT2D eigenvalue weighted by molar-refractivity contribution is 5.24. The van der Waals surface area contributed by atoms with Gasteiger partial charge in [-0.3, -0.25) is 4.98 Å². The molecule has 1 fully saturated rings.